The van der Waals surface area contributed by atoms with Gasteiger partial charge in [-0.15, -0.1) is 0 Å². The van der Waals surface area contributed by atoms with E-state index in [-0.39, 0.29) is 12.5 Å². The molecule has 0 aliphatic carbocycles. The fourth-order valence-corrected chi connectivity index (χ4v) is 6.53. The van der Waals surface area contributed by atoms with Gasteiger partial charge in [0, 0.05) is 43.7 Å². The monoisotopic (exact) mass is 575 g/mol. The Bertz CT molecular complexity index is 1660. The summed E-state index contributed by atoms with van der Waals surface area (Å²) in [7, 11) is -3.17. The molecule has 0 saturated heterocycles. The molecule has 0 fully saturated rings. The van der Waals surface area contributed by atoms with Crippen molar-refractivity contribution in [1.29, 1.82) is 0 Å². The van der Waals surface area contributed by atoms with Gasteiger partial charge in [-0.2, -0.15) is 0 Å². The van der Waals surface area contributed by atoms with E-state index in [4.69, 9.17) is 9.15 Å². The molecule has 2 aromatic carbocycles. The molecule has 2 atom stereocenters. The van der Waals surface area contributed by atoms with Crippen LogP contribution in [0.25, 0.3) is 27.9 Å². The number of carbonyl (C=O) groups is 1. The van der Waals surface area contributed by atoms with Crippen LogP contribution in [0.3, 0.4) is 0 Å². The summed E-state index contributed by atoms with van der Waals surface area (Å²) in [6.07, 6.45) is -0.549. The Morgan fingerprint density at radius 2 is 1.79 bits per heavy atom. The molecule has 1 aliphatic rings. The molecule has 1 aliphatic heterocycles. The predicted octanol–water partition coefficient (Wildman–Crippen LogP) is 3.61. The first-order valence-corrected chi connectivity index (χ1v) is 15.7. The zero-order valence-electron chi connectivity index (χ0n) is 22.8. The summed E-state index contributed by atoms with van der Waals surface area (Å²) in [5.74, 6) is -0.425. The molecular weight excluding hydrogens is 542 g/mol. The minimum Gasteiger partial charge on any atom is -0.455 e. The van der Waals surface area contributed by atoms with Gasteiger partial charge in [0.05, 0.1) is 42.0 Å². The van der Waals surface area contributed by atoms with E-state index in [1.54, 1.807) is 19.1 Å². The molecule has 0 bridgehead atoms. The molecular formula is C27H33N3O7S2. The standard InChI is InChI=1S/C27H33N3O7S2/c1-16(2)18-8-10-19(11-9-18)26-25(27(31)28-4)22-12-21-17(3)36-20(15-39(34,35)29(5)6)14-30(38(7,32)33)23(21)13-24(22)37-26/h8-13,17,20H,1,14-15H2,2-7H3,(H,28,31). The second-order valence-electron chi connectivity index (χ2n) is 9.91. The van der Waals surface area contributed by atoms with Crippen LogP contribution in [0.2, 0.25) is 0 Å². The summed E-state index contributed by atoms with van der Waals surface area (Å²) in [6.45, 7) is 7.37. The number of fused-ring (bicyclic) bond motifs is 2. The first-order valence-electron chi connectivity index (χ1n) is 12.3. The summed E-state index contributed by atoms with van der Waals surface area (Å²) >= 11 is 0. The lowest BCUT2D eigenvalue weighted by atomic mass is 9.99. The second kappa shape index (κ2) is 10.4. The number of hydrogen-bond acceptors (Lipinski definition) is 7. The van der Waals surface area contributed by atoms with Crippen molar-refractivity contribution in [3.63, 3.8) is 0 Å². The van der Waals surface area contributed by atoms with E-state index in [9.17, 15) is 21.6 Å². The maximum Gasteiger partial charge on any atom is 0.255 e. The number of amides is 1. The highest BCUT2D eigenvalue weighted by atomic mass is 32.2. The normalized spacial score (nSPS) is 18.2. The number of hydrogen-bond donors (Lipinski definition) is 1. The first kappa shape index (κ1) is 28.8. The van der Waals surface area contributed by atoms with Crippen LogP contribution < -0.4 is 9.62 Å². The zero-order chi connectivity index (χ0) is 28.9. The molecule has 2 unspecified atom stereocenters. The van der Waals surface area contributed by atoms with Gasteiger partial charge >= 0.3 is 0 Å². The molecule has 0 radical (unpaired) electrons. The lowest BCUT2D eigenvalue weighted by Crippen LogP contribution is -2.41. The number of sulfonamides is 2. The lowest BCUT2D eigenvalue weighted by Gasteiger charge is -2.25. The molecule has 1 aromatic heterocycles. The van der Waals surface area contributed by atoms with Gasteiger partial charge in [-0.1, -0.05) is 36.4 Å². The van der Waals surface area contributed by atoms with Crippen LogP contribution in [0, 0.1) is 0 Å². The van der Waals surface area contributed by atoms with Gasteiger partial charge in [0.1, 0.15) is 11.3 Å². The third-order valence-corrected chi connectivity index (χ3v) is 9.81. The molecule has 1 N–H and O–H groups in total. The average molecular weight is 576 g/mol. The van der Waals surface area contributed by atoms with Crippen molar-refractivity contribution in [1.82, 2.24) is 9.62 Å². The van der Waals surface area contributed by atoms with Crippen molar-refractivity contribution in [2.24, 2.45) is 0 Å². The minimum absolute atomic E-state index is 0.201. The van der Waals surface area contributed by atoms with Crippen LogP contribution in [-0.4, -0.2) is 72.8 Å². The summed E-state index contributed by atoms with van der Waals surface area (Å²) in [5, 5.41) is 3.14. The Balaban J connectivity index is 1.91. The minimum atomic E-state index is -3.84. The molecule has 39 heavy (non-hydrogen) atoms. The first-order chi connectivity index (χ1) is 18.1. The smallest absolute Gasteiger partial charge is 0.255 e. The maximum absolute atomic E-state index is 13.1. The van der Waals surface area contributed by atoms with Gasteiger partial charge in [0.2, 0.25) is 20.0 Å². The zero-order valence-corrected chi connectivity index (χ0v) is 24.4. The van der Waals surface area contributed by atoms with Gasteiger partial charge in [0.15, 0.2) is 0 Å². The van der Waals surface area contributed by atoms with Crippen molar-refractivity contribution in [3.8, 4) is 11.3 Å². The number of nitrogens with zero attached hydrogens (tertiary/aromatic N) is 2. The topological polar surface area (TPSA) is 126 Å². The quantitative estimate of drug-likeness (QED) is 0.456. The van der Waals surface area contributed by atoms with E-state index >= 15 is 0 Å². The number of ether oxygens (including phenoxy) is 1. The van der Waals surface area contributed by atoms with Crippen molar-refractivity contribution in [2.75, 3.05) is 44.0 Å². The highest BCUT2D eigenvalue weighted by Crippen LogP contribution is 2.42. The van der Waals surface area contributed by atoms with E-state index in [1.165, 1.54) is 21.1 Å². The lowest BCUT2D eigenvalue weighted by molar-refractivity contribution is 0.0189. The molecule has 4 rings (SSSR count). The maximum atomic E-state index is 13.1. The Labute approximate surface area is 229 Å². The van der Waals surface area contributed by atoms with E-state index in [0.717, 1.165) is 26.0 Å². The highest BCUT2D eigenvalue weighted by molar-refractivity contribution is 7.92. The molecule has 210 valence electrons. The van der Waals surface area contributed by atoms with Crippen LogP contribution in [0.4, 0.5) is 5.69 Å². The summed E-state index contributed by atoms with van der Waals surface area (Å²) in [6, 6.07) is 10.7. The van der Waals surface area contributed by atoms with Crippen LogP contribution in [0.1, 0.15) is 41.4 Å². The van der Waals surface area contributed by atoms with Crippen molar-refractivity contribution >= 4 is 48.2 Å². The van der Waals surface area contributed by atoms with Gasteiger partial charge in [-0.3, -0.25) is 9.10 Å². The summed E-state index contributed by atoms with van der Waals surface area (Å²) in [5.41, 5.74) is 3.93. The Morgan fingerprint density at radius 1 is 1.15 bits per heavy atom. The summed E-state index contributed by atoms with van der Waals surface area (Å²) in [4.78, 5) is 13.1. The fraction of sp³-hybridized carbons (Fsp3) is 0.370. The van der Waals surface area contributed by atoms with Crippen LogP contribution in [0.5, 0.6) is 0 Å². The Morgan fingerprint density at radius 3 is 2.33 bits per heavy atom. The number of carbonyl (C=O) groups excluding carboxylic acids is 1. The second-order valence-corrected chi connectivity index (χ2v) is 14.0. The fourth-order valence-electron chi connectivity index (χ4n) is 4.63. The Kier molecular flexibility index (Phi) is 7.69. The molecule has 1 amide bonds. The Hall–Kier alpha value is -3.19. The molecule has 3 aromatic rings. The number of rotatable bonds is 7. The number of furan rings is 1. The summed E-state index contributed by atoms with van der Waals surface area (Å²) < 4.78 is 65.6. The van der Waals surface area contributed by atoms with Crippen molar-refractivity contribution < 1.29 is 30.8 Å². The van der Waals surface area contributed by atoms with Gasteiger partial charge in [0.25, 0.3) is 5.91 Å². The highest BCUT2D eigenvalue weighted by Gasteiger charge is 2.36. The molecule has 0 saturated carbocycles. The van der Waals surface area contributed by atoms with E-state index < -0.39 is 38.0 Å². The van der Waals surface area contributed by atoms with Gasteiger partial charge < -0.3 is 14.5 Å². The molecule has 10 nitrogen and oxygen atoms in total. The van der Waals surface area contributed by atoms with E-state index in [1.807, 2.05) is 31.2 Å². The van der Waals surface area contributed by atoms with E-state index in [0.29, 0.717) is 39.1 Å². The number of benzene rings is 2. The number of nitrogens with one attached hydrogen (secondary N) is 1. The van der Waals surface area contributed by atoms with Crippen LogP contribution in [-0.2, 0) is 24.8 Å². The molecule has 12 heteroatoms. The van der Waals surface area contributed by atoms with Gasteiger partial charge in [-0.25, -0.2) is 21.1 Å². The van der Waals surface area contributed by atoms with E-state index in [2.05, 4.69) is 11.9 Å². The van der Waals surface area contributed by atoms with Crippen LogP contribution in [0.15, 0.2) is 47.4 Å². The molecule has 0 spiro atoms. The largest absolute Gasteiger partial charge is 0.455 e. The third-order valence-electron chi connectivity index (χ3n) is 6.76. The van der Waals surface area contributed by atoms with Crippen molar-refractivity contribution in [3.05, 3.63) is 59.7 Å². The van der Waals surface area contributed by atoms with Gasteiger partial charge in [-0.05, 0) is 25.5 Å². The third kappa shape index (κ3) is 5.60. The predicted molar refractivity (Wildman–Crippen MR) is 153 cm³/mol. The van der Waals surface area contributed by atoms with Crippen LogP contribution >= 0.6 is 0 Å². The average Bonchev–Trinajstić information content (AvgIpc) is 3.16. The van der Waals surface area contributed by atoms with Crippen molar-refractivity contribution in [2.45, 2.75) is 26.1 Å². The number of allylic oxidation sites excluding steroid dienone is 1. The SMILES string of the molecule is C=C(C)c1ccc(-c2oc3cc4c(cc3c2C(=O)NC)C(C)OC(CS(=O)(=O)N(C)C)CN4S(C)(=O)=O)cc1. The molecule has 2 heterocycles. The number of anilines is 1.